The van der Waals surface area contributed by atoms with Gasteiger partial charge in [0.2, 0.25) is 0 Å². The van der Waals surface area contributed by atoms with Gasteiger partial charge < -0.3 is 10.0 Å². The number of sulfone groups is 1. The molecule has 18 heavy (non-hydrogen) atoms. The van der Waals surface area contributed by atoms with Crippen LogP contribution in [0.25, 0.3) is 0 Å². The molecule has 1 rings (SSSR count). The molecule has 1 saturated heterocycles. The van der Waals surface area contributed by atoms with Crippen LogP contribution in [-0.2, 0) is 14.6 Å². The minimum Gasteiger partial charge on any atom is -0.481 e. The summed E-state index contributed by atoms with van der Waals surface area (Å²) < 4.78 is 60.2. The van der Waals surface area contributed by atoms with E-state index in [1.807, 2.05) is 0 Å². The molecule has 0 aromatic heterocycles. The van der Waals surface area contributed by atoms with Crippen molar-refractivity contribution in [3.63, 3.8) is 0 Å². The number of carbonyl (C=O) groups is 1. The second kappa shape index (κ2) is 4.69. The molecule has 0 spiro atoms. The second-order valence-electron chi connectivity index (χ2n) is 4.54. The Morgan fingerprint density at radius 1 is 1.44 bits per heavy atom. The predicted molar refractivity (Wildman–Crippen MR) is 56.9 cm³/mol. The van der Waals surface area contributed by atoms with Crippen LogP contribution < -0.4 is 0 Å². The third-order valence-electron chi connectivity index (χ3n) is 3.08. The van der Waals surface area contributed by atoms with Crippen molar-refractivity contribution in [3.05, 3.63) is 0 Å². The van der Waals surface area contributed by atoms with Gasteiger partial charge in [-0.25, -0.2) is 8.42 Å². The van der Waals surface area contributed by atoms with E-state index in [-0.39, 0.29) is 18.8 Å². The van der Waals surface area contributed by atoms with E-state index in [0.717, 1.165) is 6.26 Å². The topological polar surface area (TPSA) is 74.7 Å². The molecule has 0 aromatic rings. The Morgan fingerprint density at radius 2 is 2.00 bits per heavy atom. The Labute approximate surface area is 102 Å². The Balaban J connectivity index is 2.76. The second-order valence-corrected chi connectivity index (χ2v) is 6.80. The first-order valence-corrected chi connectivity index (χ1v) is 7.24. The molecule has 9 heteroatoms. The van der Waals surface area contributed by atoms with E-state index in [1.54, 1.807) is 0 Å². The van der Waals surface area contributed by atoms with Crippen LogP contribution in [0.2, 0.25) is 0 Å². The number of hydrogen-bond donors (Lipinski definition) is 1. The molecule has 106 valence electrons. The number of carboxylic acids is 1. The van der Waals surface area contributed by atoms with Crippen molar-refractivity contribution < 1.29 is 31.5 Å². The molecule has 0 amide bonds. The molecular formula is C9H14F3NO4S. The number of carboxylic acid groups (broad SMARTS) is 1. The Hall–Kier alpha value is -0.830. The first-order valence-electron chi connectivity index (χ1n) is 5.18. The van der Waals surface area contributed by atoms with Gasteiger partial charge in [0.25, 0.3) is 0 Å². The minimum atomic E-state index is -4.83. The summed E-state index contributed by atoms with van der Waals surface area (Å²) in [5, 5.41) is 8.78. The smallest absolute Gasteiger partial charge is 0.406 e. The lowest BCUT2D eigenvalue weighted by Gasteiger charge is -2.27. The largest absolute Gasteiger partial charge is 0.481 e. The summed E-state index contributed by atoms with van der Waals surface area (Å²) in [6, 6.07) is 0. The van der Waals surface area contributed by atoms with Gasteiger partial charge in [-0.2, -0.15) is 13.2 Å². The standard InChI is InChI=1S/C9H14F3NO4S/c1-18(16,17)5-4-13-3-2-8(6-13,7(14)15)9(10,11)12/h2-6H2,1H3,(H,14,15). The van der Waals surface area contributed by atoms with Crippen LogP contribution in [0, 0.1) is 5.41 Å². The van der Waals surface area contributed by atoms with Gasteiger partial charge in [-0.05, 0) is 13.0 Å². The molecular weight excluding hydrogens is 275 g/mol. The molecule has 1 aliphatic rings. The fraction of sp³-hybridized carbons (Fsp3) is 0.889. The van der Waals surface area contributed by atoms with Crippen molar-refractivity contribution in [3.8, 4) is 0 Å². The maximum atomic E-state index is 12.8. The van der Waals surface area contributed by atoms with Gasteiger partial charge in [0, 0.05) is 19.3 Å². The average Bonchev–Trinajstić information content (AvgIpc) is 2.57. The zero-order valence-electron chi connectivity index (χ0n) is 9.70. The summed E-state index contributed by atoms with van der Waals surface area (Å²) in [5.41, 5.74) is -2.77. The lowest BCUT2D eigenvalue weighted by Crippen LogP contribution is -2.47. The Kier molecular flexibility index (Phi) is 3.97. The Bertz CT molecular complexity index is 434. The lowest BCUT2D eigenvalue weighted by atomic mass is 9.86. The van der Waals surface area contributed by atoms with Gasteiger partial charge in [0.1, 0.15) is 9.84 Å². The van der Waals surface area contributed by atoms with Gasteiger partial charge >= 0.3 is 12.1 Å². The van der Waals surface area contributed by atoms with Crippen molar-refractivity contribution in [2.45, 2.75) is 12.6 Å². The summed E-state index contributed by atoms with van der Waals surface area (Å²) in [7, 11) is -3.27. The summed E-state index contributed by atoms with van der Waals surface area (Å²) in [4.78, 5) is 12.1. The lowest BCUT2D eigenvalue weighted by molar-refractivity contribution is -0.227. The van der Waals surface area contributed by atoms with Crippen LogP contribution in [-0.4, -0.2) is 62.2 Å². The molecule has 1 aliphatic heterocycles. The SMILES string of the molecule is CS(=O)(=O)CCN1CCC(C(=O)O)(C(F)(F)F)C1. The molecule has 1 atom stereocenters. The number of alkyl halides is 3. The maximum Gasteiger partial charge on any atom is 0.406 e. The van der Waals surface area contributed by atoms with Gasteiger partial charge in [0.15, 0.2) is 5.41 Å². The molecule has 1 unspecified atom stereocenters. The highest BCUT2D eigenvalue weighted by Gasteiger charge is 2.63. The molecule has 1 heterocycles. The normalized spacial score (nSPS) is 26.4. The first kappa shape index (κ1) is 15.2. The average molecular weight is 289 g/mol. The van der Waals surface area contributed by atoms with Gasteiger partial charge in [0.05, 0.1) is 5.75 Å². The summed E-state index contributed by atoms with van der Waals surface area (Å²) in [5.74, 6) is -2.18. The van der Waals surface area contributed by atoms with Crippen LogP contribution in [0.1, 0.15) is 6.42 Å². The highest BCUT2D eigenvalue weighted by molar-refractivity contribution is 7.90. The van der Waals surface area contributed by atoms with Crippen LogP contribution in [0.4, 0.5) is 13.2 Å². The van der Waals surface area contributed by atoms with Crippen molar-refractivity contribution in [1.29, 1.82) is 0 Å². The van der Waals surface area contributed by atoms with Crippen LogP contribution >= 0.6 is 0 Å². The Morgan fingerprint density at radius 3 is 2.33 bits per heavy atom. The van der Waals surface area contributed by atoms with Crippen molar-refractivity contribution in [2.24, 2.45) is 5.41 Å². The quantitative estimate of drug-likeness (QED) is 0.809. The van der Waals surface area contributed by atoms with Gasteiger partial charge in [-0.15, -0.1) is 0 Å². The van der Waals surface area contributed by atoms with E-state index in [2.05, 4.69) is 0 Å². The van der Waals surface area contributed by atoms with Crippen molar-refractivity contribution >= 4 is 15.8 Å². The number of aliphatic carboxylic acids is 1. The minimum absolute atomic E-state index is 0.0681. The number of halogens is 3. The molecule has 0 bridgehead atoms. The van der Waals surface area contributed by atoms with Crippen LogP contribution in [0.15, 0.2) is 0 Å². The molecule has 1 fully saturated rings. The highest BCUT2D eigenvalue weighted by atomic mass is 32.2. The number of hydrogen-bond acceptors (Lipinski definition) is 4. The van der Waals surface area contributed by atoms with E-state index >= 15 is 0 Å². The van der Waals surface area contributed by atoms with E-state index in [1.165, 1.54) is 4.90 Å². The van der Waals surface area contributed by atoms with Crippen LogP contribution in [0.3, 0.4) is 0 Å². The van der Waals surface area contributed by atoms with Crippen molar-refractivity contribution in [2.75, 3.05) is 31.6 Å². The van der Waals surface area contributed by atoms with E-state index in [0.29, 0.717) is 0 Å². The van der Waals surface area contributed by atoms with E-state index in [4.69, 9.17) is 5.11 Å². The van der Waals surface area contributed by atoms with Gasteiger partial charge in [-0.3, -0.25) is 4.79 Å². The molecule has 1 N–H and O–H groups in total. The first-order chi connectivity index (χ1) is 7.98. The van der Waals surface area contributed by atoms with E-state index in [9.17, 15) is 26.4 Å². The maximum absolute atomic E-state index is 12.8. The number of nitrogens with zero attached hydrogens (tertiary/aromatic N) is 1. The summed E-state index contributed by atoms with van der Waals surface area (Å²) >= 11 is 0. The zero-order valence-corrected chi connectivity index (χ0v) is 10.5. The predicted octanol–water partition coefficient (Wildman–Crippen LogP) is 0.370. The molecule has 0 aromatic carbocycles. The monoisotopic (exact) mass is 289 g/mol. The van der Waals surface area contributed by atoms with Gasteiger partial charge in [-0.1, -0.05) is 0 Å². The highest BCUT2D eigenvalue weighted by Crippen LogP contribution is 2.45. The molecule has 5 nitrogen and oxygen atoms in total. The summed E-state index contributed by atoms with van der Waals surface area (Å²) in [6.45, 7) is -0.841. The fourth-order valence-electron chi connectivity index (χ4n) is 1.90. The molecule has 0 radical (unpaired) electrons. The third-order valence-corrected chi connectivity index (χ3v) is 4.00. The van der Waals surface area contributed by atoms with E-state index < -0.39 is 40.4 Å². The third kappa shape index (κ3) is 3.14. The summed E-state index contributed by atoms with van der Waals surface area (Å²) in [6.07, 6.45) is -4.40. The zero-order chi connectivity index (χ0) is 14.2. The molecule has 0 saturated carbocycles. The number of likely N-dealkylation sites (tertiary alicyclic amines) is 1. The fourth-order valence-corrected chi connectivity index (χ4v) is 2.49. The number of rotatable bonds is 4. The van der Waals surface area contributed by atoms with Crippen LogP contribution in [0.5, 0.6) is 0 Å². The molecule has 0 aliphatic carbocycles. The van der Waals surface area contributed by atoms with Crippen molar-refractivity contribution in [1.82, 2.24) is 4.90 Å².